The van der Waals surface area contributed by atoms with Crippen LogP contribution < -0.4 is 10.3 Å². The summed E-state index contributed by atoms with van der Waals surface area (Å²) in [5, 5.41) is 8.29. The molecule has 0 saturated heterocycles. The average molecular weight is 600 g/mol. The van der Waals surface area contributed by atoms with Crippen molar-refractivity contribution in [2.75, 3.05) is 0 Å². The van der Waals surface area contributed by atoms with Crippen LogP contribution in [0.15, 0.2) is 134 Å². The minimum atomic E-state index is -0.285. The number of hydrogen-bond acceptors (Lipinski definition) is 5. The highest BCUT2D eigenvalue weighted by Gasteiger charge is 2.16. The van der Waals surface area contributed by atoms with Gasteiger partial charge in [-0.15, -0.1) is 0 Å². The molecule has 7 heteroatoms. The van der Waals surface area contributed by atoms with Gasteiger partial charge in [0.1, 0.15) is 17.9 Å². The van der Waals surface area contributed by atoms with Crippen molar-refractivity contribution in [3.05, 3.63) is 141 Å². The molecule has 0 aliphatic carbocycles. The Balaban J connectivity index is 1.24. The Kier molecular flexibility index (Phi) is 6.41. The smallest absolute Gasteiger partial charge is 0.282 e. The molecular formula is C34H22BrN3O3. The van der Waals surface area contributed by atoms with Crippen LogP contribution in [0.3, 0.4) is 0 Å². The van der Waals surface area contributed by atoms with Crippen molar-refractivity contribution in [3.8, 4) is 17.3 Å². The van der Waals surface area contributed by atoms with Crippen LogP contribution in [0.1, 0.15) is 11.1 Å². The molecule has 198 valence electrons. The maximum Gasteiger partial charge on any atom is 0.282 e. The fourth-order valence-electron chi connectivity index (χ4n) is 4.90. The van der Waals surface area contributed by atoms with E-state index in [-0.39, 0.29) is 5.56 Å². The van der Waals surface area contributed by atoms with Gasteiger partial charge in [0, 0.05) is 9.86 Å². The first-order chi connectivity index (χ1) is 20.1. The number of benzene rings is 5. The number of halogens is 1. The molecule has 2 heterocycles. The van der Waals surface area contributed by atoms with Gasteiger partial charge in [-0.1, -0.05) is 82.7 Å². The van der Waals surface area contributed by atoms with Crippen molar-refractivity contribution < 1.29 is 9.15 Å². The van der Waals surface area contributed by atoms with Crippen LogP contribution in [-0.2, 0) is 6.61 Å². The molecule has 0 radical (unpaired) electrons. The third kappa shape index (κ3) is 4.92. The normalized spacial score (nSPS) is 11.6. The maximum atomic E-state index is 13.6. The summed E-state index contributed by atoms with van der Waals surface area (Å²) in [6, 6.07) is 36.9. The molecule has 0 fully saturated rings. The number of para-hydroxylation sites is 1. The summed E-state index contributed by atoms with van der Waals surface area (Å²) in [5.41, 5.74) is 2.87. The Morgan fingerprint density at radius 3 is 2.56 bits per heavy atom. The van der Waals surface area contributed by atoms with Gasteiger partial charge in [-0.05, 0) is 70.4 Å². The molecule has 0 spiro atoms. The van der Waals surface area contributed by atoms with Crippen LogP contribution >= 0.6 is 15.9 Å². The first kappa shape index (κ1) is 25.0. The van der Waals surface area contributed by atoms with E-state index >= 15 is 0 Å². The van der Waals surface area contributed by atoms with E-state index in [2.05, 4.69) is 45.3 Å². The van der Waals surface area contributed by atoms with Gasteiger partial charge in [0.05, 0.1) is 17.1 Å². The number of nitrogens with zero attached hydrogens (tertiary/aromatic N) is 3. The molecule has 0 aliphatic heterocycles. The first-order valence-corrected chi connectivity index (χ1v) is 13.9. The van der Waals surface area contributed by atoms with Crippen molar-refractivity contribution in [2.45, 2.75) is 6.61 Å². The van der Waals surface area contributed by atoms with E-state index in [1.165, 1.54) is 15.4 Å². The summed E-state index contributed by atoms with van der Waals surface area (Å²) >= 11 is 3.50. The molecule has 0 N–H and O–H groups in total. The van der Waals surface area contributed by atoms with Crippen LogP contribution in [-0.4, -0.2) is 15.9 Å². The van der Waals surface area contributed by atoms with Gasteiger partial charge >= 0.3 is 0 Å². The van der Waals surface area contributed by atoms with Gasteiger partial charge in [-0.25, -0.2) is 4.98 Å². The molecule has 7 aromatic rings. The molecule has 0 saturated carbocycles. The second kappa shape index (κ2) is 10.5. The standard InChI is InChI=1S/C34H22BrN3O3/c35-26-15-16-31-25(18-26)19-32(41-31)33-37-30-14-4-3-13-29(30)34(39)38(33)36-20-22-7-5-11-27(17-22)40-21-24-10-6-9-23-8-1-2-12-28(23)24/h1-20H,21H2. The lowest BCUT2D eigenvalue weighted by molar-refractivity contribution is 0.307. The zero-order valence-corrected chi connectivity index (χ0v) is 23.3. The molecule has 0 bridgehead atoms. The lowest BCUT2D eigenvalue weighted by Crippen LogP contribution is -2.20. The number of furan rings is 1. The van der Waals surface area contributed by atoms with Gasteiger partial charge in [-0.3, -0.25) is 4.79 Å². The molecule has 0 unspecified atom stereocenters. The van der Waals surface area contributed by atoms with E-state index in [1.807, 2.05) is 84.9 Å². The zero-order chi connectivity index (χ0) is 27.8. The molecule has 6 nitrogen and oxygen atoms in total. The number of hydrogen-bond donors (Lipinski definition) is 0. The Hall–Kier alpha value is -5.01. The van der Waals surface area contributed by atoms with Gasteiger partial charge in [0.15, 0.2) is 5.76 Å². The monoisotopic (exact) mass is 599 g/mol. The predicted molar refractivity (Wildman–Crippen MR) is 167 cm³/mol. The number of fused-ring (bicyclic) bond motifs is 3. The summed E-state index contributed by atoms with van der Waals surface area (Å²) in [4.78, 5) is 18.3. The topological polar surface area (TPSA) is 69.6 Å². The molecule has 5 aromatic carbocycles. The highest BCUT2D eigenvalue weighted by molar-refractivity contribution is 9.10. The summed E-state index contributed by atoms with van der Waals surface area (Å²) in [5.74, 6) is 1.47. The second-order valence-corrected chi connectivity index (χ2v) is 10.5. The molecule has 41 heavy (non-hydrogen) atoms. The van der Waals surface area contributed by atoms with E-state index in [0.717, 1.165) is 21.0 Å². The Morgan fingerprint density at radius 1 is 0.829 bits per heavy atom. The largest absolute Gasteiger partial charge is 0.489 e. The summed E-state index contributed by atoms with van der Waals surface area (Å²) < 4.78 is 14.5. The molecule has 0 atom stereocenters. The lowest BCUT2D eigenvalue weighted by Gasteiger charge is -2.10. The van der Waals surface area contributed by atoms with Crippen LogP contribution in [0.25, 0.3) is 44.2 Å². The molecule has 0 aliphatic rings. The maximum absolute atomic E-state index is 13.6. The summed E-state index contributed by atoms with van der Waals surface area (Å²) in [6.07, 6.45) is 1.63. The number of aromatic nitrogens is 2. The average Bonchev–Trinajstić information content (AvgIpc) is 3.43. The van der Waals surface area contributed by atoms with Crippen LogP contribution in [0.4, 0.5) is 0 Å². The Labute approximate surface area is 243 Å². The van der Waals surface area contributed by atoms with Gasteiger partial charge < -0.3 is 9.15 Å². The van der Waals surface area contributed by atoms with Crippen molar-refractivity contribution in [2.24, 2.45) is 5.10 Å². The molecule has 7 rings (SSSR count). The van der Waals surface area contributed by atoms with Crippen molar-refractivity contribution in [1.29, 1.82) is 0 Å². The zero-order valence-electron chi connectivity index (χ0n) is 21.7. The summed E-state index contributed by atoms with van der Waals surface area (Å²) in [6.45, 7) is 0.433. The highest BCUT2D eigenvalue weighted by Crippen LogP contribution is 2.29. The number of rotatable bonds is 6. The van der Waals surface area contributed by atoms with E-state index in [1.54, 1.807) is 12.3 Å². The van der Waals surface area contributed by atoms with E-state index in [4.69, 9.17) is 14.1 Å². The minimum absolute atomic E-state index is 0.285. The Morgan fingerprint density at radius 2 is 1.63 bits per heavy atom. The third-order valence-electron chi connectivity index (χ3n) is 6.91. The fourth-order valence-corrected chi connectivity index (χ4v) is 5.28. The van der Waals surface area contributed by atoms with E-state index in [0.29, 0.717) is 40.4 Å². The van der Waals surface area contributed by atoms with Crippen LogP contribution in [0.5, 0.6) is 5.75 Å². The quantitative estimate of drug-likeness (QED) is 0.181. The van der Waals surface area contributed by atoms with Gasteiger partial charge in [0.25, 0.3) is 5.56 Å². The lowest BCUT2D eigenvalue weighted by atomic mass is 10.1. The minimum Gasteiger partial charge on any atom is -0.489 e. The van der Waals surface area contributed by atoms with Crippen molar-refractivity contribution >= 4 is 54.8 Å². The molecule has 0 amide bonds. The van der Waals surface area contributed by atoms with Crippen LogP contribution in [0, 0.1) is 0 Å². The molecular weight excluding hydrogens is 578 g/mol. The van der Waals surface area contributed by atoms with Crippen molar-refractivity contribution in [3.63, 3.8) is 0 Å². The van der Waals surface area contributed by atoms with Gasteiger partial charge in [-0.2, -0.15) is 9.78 Å². The predicted octanol–water partition coefficient (Wildman–Crippen LogP) is 8.19. The van der Waals surface area contributed by atoms with Crippen LogP contribution in [0.2, 0.25) is 0 Å². The Bertz CT molecular complexity index is 2160. The van der Waals surface area contributed by atoms with Gasteiger partial charge in [0.2, 0.25) is 5.82 Å². The number of ether oxygens (including phenoxy) is 1. The van der Waals surface area contributed by atoms with Crippen molar-refractivity contribution in [1.82, 2.24) is 9.66 Å². The fraction of sp³-hybridized carbons (Fsp3) is 0.0294. The van der Waals surface area contributed by atoms with E-state index < -0.39 is 0 Å². The highest BCUT2D eigenvalue weighted by atomic mass is 79.9. The summed E-state index contributed by atoms with van der Waals surface area (Å²) in [7, 11) is 0. The third-order valence-corrected chi connectivity index (χ3v) is 7.40. The van der Waals surface area contributed by atoms with E-state index in [9.17, 15) is 4.79 Å². The first-order valence-electron chi connectivity index (χ1n) is 13.1. The SMILES string of the molecule is O=c1c2ccccc2nc(-c2cc3cc(Br)ccc3o2)n1N=Cc1cccc(OCc2cccc3ccccc23)c1. The second-order valence-electron chi connectivity index (χ2n) is 9.61. The molecule has 2 aromatic heterocycles.